The Bertz CT molecular complexity index is 1170. The molecule has 3 heterocycles. The minimum Gasteiger partial charge on any atom is -0.383 e. The van der Waals surface area contributed by atoms with Crippen LogP contribution in [-0.4, -0.2) is 75.1 Å². The first-order valence-corrected chi connectivity index (χ1v) is 12.5. The van der Waals surface area contributed by atoms with Crippen LogP contribution in [0.15, 0.2) is 18.2 Å². The summed E-state index contributed by atoms with van der Waals surface area (Å²) >= 11 is 0. The Morgan fingerprint density at radius 2 is 1.89 bits per heavy atom. The quantitative estimate of drug-likeness (QED) is 0.398. The summed E-state index contributed by atoms with van der Waals surface area (Å²) in [4.78, 5) is 19.1. The Balaban J connectivity index is 1.46. The number of nitrogens with zero attached hydrogens (tertiary/aromatic N) is 5. The number of anilines is 2. The van der Waals surface area contributed by atoms with Gasteiger partial charge in [-0.1, -0.05) is 13.8 Å². The first-order chi connectivity index (χ1) is 16.7. The van der Waals surface area contributed by atoms with Gasteiger partial charge in [0.25, 0.3) is 0 Å². The molecule has 1 aromatic carbocycles. The highest BCUT2D eigenvalue weighted by Gasteiger charge is 2.23. The van der Waals surface area contributed by atoms with Gasteiger partial charge in [0.15, 0.2) is 5.82 Å². The van der Waals surface area contributed by atoms with E-state index in [-0.39, 0.29) is 24.0 Å². The van der Waals surface area contributed by atoms with Crippen molar-refractivity contribution in [2.45, 2.75) is 65.8 Å². The molecule has 3 N–H and O–H groups in total. The fourth-order valence-electron chi connectivity index (χ4n) is 4.54. The number of aliphatic hydroxyl groups excluding tert-OH is 1. The van der Waals surface area contributed by atoms with Gasteiger partial charge in [-0.15, -0.1) is 10.2 Å². The van der Waals surface area contributed by atoms with Crippen molar-refractivity contribution in [1.82, 2.24) is 24.9 Å². The zero-order valence-electron chi connectivity index (χ0n) is 21.3. The molecule has 0 radical (unpaired) electrons. The lowest BCUT2D eigenvalue weighted by atomic mass is 10.1. The topological polar surface area (TPSA) is 117 Å². The molecule has 3 atom stereocenters. The highest BCUT2D eigenvalue weighted by Crippen LogP contribution is 2.27. The number of rotatable bonds is 9. The molecule has 0 bridgehead atoms. The molecule has 190 valence electrons. The van der Waals surface area contributed by atoms with Gasteiger partial charge in [0, 0.05) is 31.9 Å². The van der Waals surface area contributed by atoms with Gasteiger partial charge in [-0.25, -0.2) is 4.98 Å². The molecule has 0 spiro atoms. The molecule has 1 fully saturated rings. The van der Waals surface area contributed by atoms with E-state index in [9.17, 15) is 9.90 Å². The molecule has 35 heavy (non-hydrogen) atoms. The number of hydrogen-bond acceptors (Lipinski definition) is 8. The number of hydrogen-bond donors (Lipinski definition) is 3. The monoisotopic (exact) mass is 483 g/mol. The third-order valence-corrected chi connectivity index (χ3v) is 6.35. The first-order valence-electron chi connectivity index (χ1n) is 12.5. The van der Waals surface area contributed by atoms with E-state index in [4.69, 9.17) is 9.72 Å². The molecule has 1 saturated heterocycles. The summed E-state index contributed by atoms with van der Waals surface area (Å²) in [6.45, 7) is 12.7. The van der Waals surface area contributed by atoms with Crippen LogP contribution in [0, 0.1) is 12.8 Å². The number of amides is 1. The first kappa shape index (κ1) is 25.1. The third-order valence-electron chi connectivity index (χ3n) is 6.35. The van der Waals surface area contributed by atoms with E-state index in [0.29, 0.717) is 24.6 Å². The summed E-state index contributed by atoms with van der Waals surface area (Å²) in [5.41, 5.74) is 3.67. The van der Waals surface area contributed by atoms with Gasteiger partial charge in [0.05, 0.1) is 23.2 Å². The van der Waals surface area contributed by atoms with Crippen molar-refractivity contribution in [3.05, 3.63) is 24.0 Å². The number of aryl methyl sites for hydroxylation is 1. The number of benzene rings is 1. The van der Waals surface area contributed by atoms with Gasteiger partial charge in [-0.3, -0.25) is 9.20 Å². The highest BCUT2D eigenvalue weighted by atomic mass is 16.5. The van der Waals surface area contributed by atoms with E-state index >= 15 is 0 Å². The SMILES string of the molecule is Cc1nnc2c(NCCCCNC(=O)[C@H](O)C(C)C)nc3cc(N4CC(C)OC(C)C4)ccc3n12. The minimum atomic E-state index is -0.965. The lowest BCUT2D eigenvalue weighted by Crippen LogP contribution is -2.45. The molecular formula is C25H37N7O3. The molecule has 4 rings (SSSR count). The van der Waals surface area contributed by atoms with Crippen LogP contribution >= 0.6 is 0 Å². The lowest BCUT2D eigenvalue weighted by molar-refractivity contribution is -0.131. The van der Waals surface area contributed by atoms with Crippen LogP contribution in [-0.2, 0) is 9.53 Å². The average Bonchev–Trinajstić information content (AvgIpc) is 3.21. The summed E-state index contributed by atoms with van der Waals surface area (Å²) in [6.07, 6.45) is 1.02. The maximum Gasteiger partial charge on any atom is 0.249 e. The van der Waals surface area contributed by atoms with E-state index in [2.05, 4.69) is 57.8 Å². The second-order valence-electron chi connectivity index (χ2n) is 9.82. The summed E-state index contributed by atoms with van der Waals surface area (Å²) in [5, 5.41) is 24.6. The van der Waals surface area contributed by atoms with Gasteiger partial charge in [-0.2, -0.15) is 0 Å². The zero-order valence-corrected chi connectivity index (χ0v) is 21.3. The Hall–Kier alpha value is -2.98. The van der Waals surface area contributed by atoms with Crippen LogP contribution in [0.1, 0.15) is 46.4 Å². The van der Waals surface area contributed by atoms with Crippen molar-refractivity contribution in [3.63, 3.8) is 0 Å². The molecule has 2 unspecified atom stereocenters. The van der Waals surface area contributed by atoms with Crippen molar-refractivity contribution in [2.24, 2.45) is 5.92 Å². The van der Waals surface area contributed by atoms with Crippen LogP contribution in [0.3, 0.4) is 0 Å². The Morgan fingerprint density at radius 3 is 2.60 bits per heavy atom. The molecular weight excluding hydrogens is 446 g/mol. The van der Waals surface area contributed by atoms with Crippen molar-refractivity contribution in [3.8, 4) is 0 Å². The average molecular weight is 484 g/mol. The fourth-order valence-corrected chi connectivity index (χ4v) is 4.54. The number of morpholine rings is 1. The van der Waals surface area contributed by atoms with Gasteiger partial charge in [-0.05, 0) is 57.7 Å². The predicted molar refractivity (Wildman–Crippen MR) is 137 cm³/mol. The molecule has 1 amide bonds. The maximum atomic E-state index is 11.9. The molecule has 1 aliphatic heterocycles. The van der Waals surface area contributed by atoms with E-state index in [1.54, 1.807) is 0 Å². The Morgan fingerprint density at radius 1 is 1.17 bits per heavy atom. The number of unbranched alkanes of at least 4 members (excludes halogenated alkanes) is 1. The zero-order chi connectivity index (χ0) is 25.1. The van der Waals surface area contributed by atoms with Gasteiger partial charge in [0.1, 0.15) is 11.9 Å². The Kier molecular flexibility index (Phi) is 7.71. The molecule has 0 aliphatic carbocycles. The summed E-state index contributed by atoms with van der Waals surface area (Å²) in [6, 6.07) is 6.34. The van der Waals surface area contributed by atoms with Gasteiger partial charge >= 0.3 is 0 Å². The van der Waals surface area contributed by atoms with Crippen LogP contribution < -0.4 is 15.5 Å². The molecule has 0 saturated carbocycles. The third kappa shape index (κ3) is 5.65. The number of carbonyl (C=O) groups is 1. The normalized spacial score (nSPS) is 19.5. The summed E-state index contributed by atoms with van der Waals surface area (Å²) in [7, 11) is 0. The van der Waals surface area contributed by atoms with Crippen LogP contribution in [0.4, 0.5) is 11.5 Å². The molecule has 2 aromatic heterocycles. The number of aliphatic hydroxyl groups is 1. The number of nitrogens with one attached hydrogen (secondary N) is 2. The van der Waals surface area contributed by atoms with Crippen LogP contribution in [0.2, 0.25) is 0 Å². The standard InChI is InChI=1S/C25H37N7O3/c1-15(2)22(33)25(34)27-11-7-6-10-26-23-24-30-29-18(5)32(24)21-9-8-19(12-20(21)28-23)31-13-16(3)35-17(4)14-31/h8-9,12,15-17,22,33H,6-7,10-11,13-14H2,1-5H3,(H,26,28)(H,27,34)/t16?,17?,22-/m1/s1. The maximum absolute atomic E-state index is 11.9. The highest BCUT2D eigenvalue weighted by molar-refractivity contribution is 5.85. The van der Waals surface area contributed by atoms with Crippen molar-refractivity contribution in [1.29, 1.82) is 0 Å². The second-order valence-corrected chi connectivity index (χ2v) is 9.82. The molecule has 10 nitrogen and oxygen atoms in total. The minimum absolute atomic E-state index is 0.0970. The van der Waals surface area contributed by atoms with Crippen molar-refractivity contribution in [2.75, 3.05) is 36.4 Å². The second kappa shape index (κ2) is 10.7. The number of aromatic nitrogens is 4. The smallest absolute Gasteiger partial charge is 0.249 e. The van der Waals surface area contributed by atoms with E-state index in [0.717, 1.165) is 48.5 Å². The van der Waals surface area contributed by atoms with E-state index in [1.807, 2.05) is 25.2 Å². The number of fused-ring (bicyclic) bond motifs is 3. The van der Waals surface area contributed by atoms with E-state index < -0.39 is 6.10 Å². The fraction of sp³-hybridized carbons (Fsp3) is 0.600. The molecule has 3 aromatic rings. The van der Waals surface area contributed by atoms with Crippen LogP contribution in [0.5, 0.6) is 0 Å². The van der Waals surface area contributed by atoms with Gasteiger partial charge < -0.3 is 25.4 Å². The van der Waals surface area contributed by atoms with E-state index in [1.165, 1.54) is 0 Å². The van der Waals surface area contributed by atoms with Crippen molar-refractivity contribution >= 4 is 34.1 Å². The number of ether oxygens (including phenoxy) is 1. The molecule has 1 aliphatic rings. The van der Waals surface area contributed by atoms with Crippen LogP contribution in [0.25, 0.3) is 16.7 Å². The Labute approximate surface area is 206 Å². The number of carbonyl (C=O) groups excluding carboxylic acids is 1. The molecule has 10 heteroatoms. The van der Waals surface area contributed by atoms with Gasteiger partial charge in [0.2, 0.25) is 11.6 Å². The summed E-state index contributed by atoms with van der Waals surface area (Å²) < 4.78 is 7.93. The predicted octanol–water partition coefficient (Wildman–Crippen LogP) is 2.52. The van der Waals surface area contributed by atoms with Crippen molar-refractivity contribution < 1.29 is 14.6 Å². The largest absolute Gasteiger partial charge is 0.383 e. The summed E-state index contributed by atoms with van der Waals surface area (Å²) in [5.74, 6) is 1.09. The lowest BCUT2D eigenvalue weighted by Gasteiger charge is -2.36.